The van der Waals surface area contributed by atoms with E-state index in [0.29, 0.717) is 6.04 Å². The molecule has 1 aromatic carbocycles. The molecule has 0 radical (unpaired) electrons. The van der Waals surface area contributed by atoms with Crippen molar-refractivity contribution < 1.29 is 4.79 Å². The van der Waals surface area contributed by atoms with Crippen LogP contribution in [-0.2, 0) is 4.79 Å². The molecule has 0 saturated heterocycles. The van der Waals surface area contributed by atoms with E-state index >= 15 is 0 Å². The normalized spacial score (nSPS) is 17.3. The molecular weight excluding hydrogens is 302 g/mol. The van der Waals surface area contributed by atoms with Crippen LogP contribution in [0.5, 0.6) is 0 Å². The minimum Gasteiger partial charge on any atom is -0.350 e. The molecule has 2 nitrogen and oxygen atoms in total. The number of nitrogens with one attached hydrogen (secondary N) is 1. The van der Waals surface area contributed by atoms with Gasteiger partial charge in [-0.1, -0.05) is 53.7 Å². The van der Waals surface area contributed by atoms with Gasteiger partial charge < -0.3 is 5.32 Å². The van der Waals surface area contributed by atoms with Crippen LogP contribution in [0.15, 0.2) is 34.8 Å². The first-order valence-corrected chi connectivity index (χ1v) is 7.77. The molecule has 1 amide bonds. The van der Waals surface area contributed by atoms with Gasteiger partial charge in [0.15, 0.2) is 0 Å². The molecule has 0 bridgehead atoms. The fourth-order valence-electron chi connectivity index (χ4n) is 2.46. The number of hydrogen-bond donors (Lipinski definition) is 1. The van der Waals surface area contributed by atoms with E-state index in [1.807, 2.05) is 30.3 Å². The van der Waals surface area contributed by atoms with Gasteiger partial charge >= 0.3 is 0 Å². The number of benzene rings is 1. The maximum absolute atomic E-state index is 11.9. The monoisotopic (exact) mass is 321 g/mol. The number of amides is 1. The zero-order valence-electron chi connectivity index (χ0n) is 11.1. The van der Waals surface area contributed by atoms with Crippen molar-refractivity contribution in [2.75, 3.05) is 0 Å². The quantitative estimate of drug-likeness (QED) is 0.652. The Morgan fingerprint density at radius 1 is 1.21 bits per heavy atom. The van der Waals surface area contributed by atoms with Crippen LogP contribution in [0.1, 0.15) is 44.1 Å². The average Bonchev–Trinajstić information content (AvgIpc) is 2.65. The smallest absolute Gasteiger partial charge is 0.244 e. The molecule has 102 valence electrons. The third-order valence-corrected chi connectivity index (χ3v) is 3.97. The van der Waals surface area contributed by atoms with Gasteiger partial charge in [0.2, 0.25) is 5.91 Å². The van der Waals surface area contributed by atoms with Gasteiger partial charge in [-0.15, -0.1) is 0 Å². The fourth-order valence-corrected chi connectivity index (χ4v) is 2.87. The molecule has 19 heavy (non-hydrogen) atoms. The second kappa shape index (κ2) is 7.49. The topological polar surface area (TPSA) is 29.1 Å². The van der Waals surface area contributed by atoms with Crippen molar-refractivity contribution in [2.24, 2.45) is 0 Å². The zero-order valence-corrected chi connectivity index (χ0v) is 12.7. The largest absolute Gasteiger partial charge is 0.350 e. The first-order chi connectivity index (χ1) is 9.24. The summed E-state index contributed by atoms with van der Waals surface area (Å²) in [4.78, 5) is 11.9. The summed E-state index contributed by atoms with van der Waals surface area (Å²) >= 11 is 3.42. The average molecular weight is 322 g/mol. The van der Waals surface area contributed by atoms with E-state index in [0.717, 1.165) is 22.9 Å². The lowest BCUT2D eigenvalue weighted by molar-refractivity contribution is -0.117. The van der Waals surface area contributed by atoms with Gasteiger partial charge in [0.1, 0.15) is 0 Å². The Bertz CT molecular complexity index is 448. The summed E-state index contributed by atoms with van der Waals surface area (Å²) in [6.07, 6.45) is 10.8. The van der Waals surface area contributed by atoms with E-state index < -0.39 is 0 Å². The number of hydrogen-bond acceptors (Lipinski definition) is 1. The van der Waals surface area contributed by atoms with Crippen LogP contribution in [0.4, 0.5) is 0 Å². The van der Waals surface area contributed by atoms with Gasteiger partial charge in [-0.05, 0) is 36.6 Å². The van der Waals surface area contributed by atoms with E-state index in [9.17, 15) is 4.79 Å². The van der Waals surface area contributed by atoms with E-state index in [1.54, 1.807) is 6.08 Å². The molecule has 1 saturated carbocycles. The molecule has 1 aliphatic rings. The second-order valence-electron chi connectivity index (χ2n) is 5.09. The third kappa shape index (κ3) is 5.19. The van der Waals surface area contributed by atoms with Crippen molar-refractivity contribution in [1.82, 2.24) is 5.32 Å². The van der Waals surface area contributed by atoms with Gasteiger partial charge in [-0.3, -0.25) is 4.79 Å². The highest BCUT2D eigenvalue weighted by atomic mass is 79.9. The molecule has 0 heterocycles. The number of rotatable bonds is 3. The zero-order chi connectivity index (χ0) is 13.5. The SMILES string of the molecule is O=C(C=Cc1cccc(Br)c1)NC1CCCCCC1. The highest BCUT2D eigenvalue weighted by molar-refractivity contribution is 9.10. The van der Waals surface area contributed by atoms with E-state index in [1.165, 1.54) is 25.7 Å². The Balaban J connectivity index is 1.86. The van der Waals surface area contributed by atoms with Gasteiger partial charge in [-0.2, -0.15) is 0 Å². The van der Waals surface area contributed by atoms with Crippen LogP contribution in [-0.4, -0.2) is 11.9 Å². The summed E-state index contributed by atoms with van der Waals surface area (Å²) in [6.45, 7) is 0. The Kier molecular flexibility index (Phi) is 5.64. The van der Waals surface area contributed by atoms with Gasteiger partial charge in [0, 0.05) is 16.6 Å². The molecule has 0 unspecified atom stereocenters. The number of carbonyl (C=O) groups excluding carboxylic acids is 1. The van der Waals surface area contributed by atoms with Crippen LogP contribution in [0.25, 0.3) is 6.08 Å². The van der Waals surface area contributed by atoms with Crippen LogP contribution < -0.4 is 5.32 Å². The van der Waals surface area contributed by atoms with Crippen LogP contribution in [0, 0.1) is 0 Å². The van der Waals surface area contributed by atoms with Crippen molar-refractivity contribution in [1.29, 1.82) is 0 Å². The molecule has 1 aliphatic carbocycles. The minimum atomic E-state index is 0.0203. The minimum absolute atomic E-state index is 0.0203. The third-order valence-electron chi connectivity index (χ3n) is 3.48. The summed E-state index contributed by atoms with van der Waals surface area (Å²) < 4.78 is 1.03. The van der Waals surface area contributed by atoms with Crippen molar-refractivity contribution in [3.8, 4) is 0 Å². The van der Waals surface area contributed by atoms with Crippen LogP contribution in [0.2, 0.25) is 0 Å². The predicted molar refractivity (Wildman–Crippen MR) is 82.8 cm³/mol. The van der Waals surface area contributed by atoms with Crippen molar-refractivity contribution in [3.63, 3.8) is 0 Å². The van der Waals surface area contributed by atoms with E-state index in [-0.39, 0.29) is 5.91 Å². The van der Waals surface area contributed by atoms with Crippen LogP contribution >= 0.6 is 15.9 Å². The Morgan fingerprint density at radius 3 is 2.63 bits per heavy atom. The maximum atomic E-state index is 11.9. The van der Waals surface area contributed by atoms with Gasteiger partial charge in [0.05, 0.1) is 0 Å². The first-order valence-electron chi connectivity index (χ1n) is 6.98. The van der Waals surface area contributed by atoms with Crippen molar-refractivity contribution >= 4 is 27.9 Å². The van der Waals surface area contributed by atoms with Crippen molar-refractivity contribution in [2.45, 2.75) is 44.6 Å². The highest BCUT2D eigenvalue weighted by Gasteiger charge is 2.12. The Morgan fingerprint density at radius 2 is 1.95 bits per heavy atom. The summed E-state index contributed by atoms with van der Waals surface area (Å²) in [6, 6.07) is 8.29. The molecule has 1 N–H and O–H groups in total. The molecular formula is C16H20BrNO. The van der Waals surface area contributed by atoms with Gasteiger partial charge in [-0.25, -0.2) is 0 Å². The lowest BCUT2D eigenvalue weighted by atomic mass is 10.1. The molecule has 2 rings (SSSR count). The summed E-state index contributed by atoms with van der Waals surface area (Å²) in [5.74, 6) is 0.0203. The molecule has 0 spiro atoms. The second-order valence-corrected chi connectivity index (χ2v) is 6.00. The molecule has 1 aromatic rings. The van der Waals surface area contributed by atoms with Crippen LogP contribution in [0.3, 0.4) is 0 Å². The standard InChI is InChI=1S/C16H20BrNO/c17-14-7-5-6-13(12-14)10-11-16(19)18-15-8-3-1-2-4-9-15/h5-7,10-12,15H,1-4,8-9H2,(H,18,19). The molecule has 0 aromatic heterocycles. The fraction of sp³-hybridized carbons (Fsp3) is 0.438. The summed E-state index contributed by atoms with van der Waals surface area (Å²) in [5, 5.41) is 3.11. The maximum Gasteiger partial charge on any atom is 0.244 e. The summed E-state index contributed by atoms with van der Waals surface area (Å²) in [5.41, 5.74) is 1.03. The van der Waals surface area contributed by atoms with E-state index in [2.05, 4.69) is 21.2 Å². The predicted octanol–water partition coefficient (Wildman–Crippen LogP) is 4.30. The summed E-state index contributed by atoms with van der Waals surface area (Å²) in [7, 11) is 0. The molecule has 3 heteroatoms. The number of halogens is 1. The molecule has 1 fully saturated rings. The lowest BCUT2D eigenvalue weighted by Crippen LogP contribution is -2.33. The molecule has 0 atom stereocenters. The first kappa shape index (κ1) is 14.3. The van der Waals surface area contributed by atoms with Gasteiger partial charge in [0.25, 0.3) is 0 Å². The highest BCUT2D eigenvalue weighted by Crippen LogP contribution is 2.17. The Labute approximate surface area is 123 Å². The molecule has 0 aliphatic heterocycles. The van der Waals surface area contributed by atoms with Crippen molar-refractivity contribution in [3.05, 3.63) is 40.4 Å². The van der Waals surface area contributed by atoms with E-state index in [4.69, 9.17) is 0 Å². The lowest BCUT2D eigenvalue weighted by Gasteiger charge is -2.14. The number of carbonyl (C=O) groups is 1. The Hall–Kier alpha value is -1.09.